The number of nitrogens with zero attached hydrogens (tertiary/aromatic N) is 4. The molecule has 3 aromatic rings. The van der Waals surface area contributed by atoms with Gasteiger partial charge < -0.3 is 15.8 Å². The van der Waals surface area contributed by atoms with E-state index in [0.717, 1.165) is 35.2 Å². The van der Waals surface area contributed by atoms with E-state index in [9.17, 15) is 23.6 Å². The van der Waals surface area contributed by atoms with E-state index in [1.165, 1.54) is 0 Å². The Morgan fingerprint density at radius 2 is 2.05 bits per heavy atom. The molecule has 9 nitrogen and oxygen atoms in total. The molecule has 2 aromatic carbocycles. The molecule has 1 aliphatic carbocycles. The van der Waals surface area contributed by atoms with Gasteiger partial charge in [-0.2, -0.15) is 5.26 Å². The fourth-order valence-electron chi connectivity index (χ4n) is 5.14. The highest BCUT2D eigenvalue weighted by atomic mass is 32.2. The maximum atomic E-state index is 13.9. The smallest absolute Gasteiger partial charge is 0.234 e. The Bertz CT molecular complexity index is 1690. The fourth-order valence-corrected chi connectivity index (χ4v) is 6.82. The van der Waals surface area contributed by atoms with Crippen molar-refractivity contribution in [1.82, 2.24) is 10.2 Å². The number of nitrogens with two attached hydrogens (primary N) is 1. The second kappa shape index (κ2) is 11.5. The largest absolute Gasteiger partial charge is 0.497 e. The molecule has 0 saturated carbocycles. The summed E-state index contributed by atoms with van der Waals surface area (Å²) in [5.74, 6) is -2.27. The van der Waals surface area contributed by atoms with Gasteiger partial charge in [-0.15, -0.1) is 10.2 Å². The summed E-state index contributed by atoms with van der Waals surface area (Å²) in [6, 6.07) is 12.3. The van der Waals surface area contributed by atoms with Crippen molar-refractivity contribution in [3.8, 4) is 11.8 Å². The molecule has 2 aliphatic rings. The van der Waals surface area contributed by atoms with Crippen LogP contribution < -0.4 is 20.7 Å². The van der Waals surface area contributed by atoms with Crippen LogP contribution in [-0.2, 0) is 9.59 Å². The molecule has 0 radical (unpaired) electrons. The highest BCUT2D eigenvalue weighted by Crippen LogP contribution is 2.51. The zero-order valence-electron chi connectivity index (χ0n) is 22.9. The molecule has 1 atom stereocenters. The summed E-state index contributed by atoms with van der Waals surface area (Å²) in [5.41, 5.74) is 8.22. The average Bonchev–Trinajstić information content (AvgIpc) is 3.40. The molecule has 42 heavy (non-hydrogen) atoms. The summed E-state index contributed by atoms with van der Waals surface area (Å²) in [6.45, 7) is 3.99. The highest BCUT2D eigenvalue weighted by Gasteiger charge is 2.45. The summed E-state index contributed by atoms with van der Waals surface area (Å²) >= 11 is 2.21. The highest BCUT2D eigenvalue weighted by molar-refractivity contribution is 8.01. The van der Waals surface area contributed by atoms with Gasteiger partial charge in [-0.25, -0.2) is 8.78 Å². The average molecular weight is 609 g/mol. The monoisotopic (exact) mass is 608 g/mol. The molecule has 3 N–H and O–H groups in total. The number of thioether (sulfide) groups is 1. The van der Waals surface area contributed by atoms with Crippen molar-refractivity contribution in [3.05, 3.63) is 82.3 Å². The quantitative estimate of drug-likeness (QED) is 0.334. The zero-order chi connectivity index (χ0) is 30.2. The van der Waals surface area contributed by atoms with Crippen LogP contribution in [0.4, 0.5) is 19.6 Å². The first-order valence-electron chi connectivity index (χ1n) is 12.8. The maximum absolute atomic E-state index is 13.9. The Kier molecular flexibility index (Phi) is 8.03. The van der Waals surface area contributed by atoms with Gasteiger partial charge in [-0.05, 0) is 41.7 Å². The molecule has 0 saturated heterocycles. The van der Waals surface area contributed by atoms with E-state index in [-0.39, 0.29) is 34.0 Å². The number of allylic oxidation sites excluding steroid dienone is 3. The molecular weight excluding hydrogens is 582 g/mol. The van der Waals surface area contributed by atoms with E-state index in [1.807, 2.05) is 19.9 Å². The standard InChI is InChI=1S/C29H26F2N6O3S2/c1-29(2)11-21-25(22(38)12-29)24(15-5-4-6-17(9-15)40-3)18(13-32)26(33)37(21)27-35-36-28(42-27)41-14-23(39)34-20-8-7-16(30)10-19(20)31/h4-10,24H,11-12,14,33H2,1-3H3,(H,34,39). The third-order valence-corrected chi connectivity index (χ3v) is 8.97. The molecule has 5 rings (SSSR count). The van der Waals surface area contributed by atoms with Crippen molar-refractivity contribution in [3.63, 3.8) is 0 Å². The summed E-state index contributed by atoms with van der Waals surface area (Å²) in [7, 11) is 1.55. The van der Waals surface area contributed by atoms with E-state index < -0.39 is 23.5 Å². The number of nitrogens with one attached hydrogen (secondary N) is 1. The fraction of sp³-hybridized carbons (Fsp3) is 0.276. The number of methoxy groups -OCH3 is 1. The second-order valence-electron chi connectivity index (χ2n) is 10.6. The molecule has 216 valence electrons. The molecule has 1 amide bonds. The molecule has 0 spiro atoms. The van der Waals surface area contributed by atoms with Crippen LogP contribution in [0, 0.1) is 28.4 Å². The van der Waals surface area contributed by atoms with E-state index in [4.69, 9.17) is 10.5 Å². The zero-order valence-corrected chi connectivity index (χ0v) is 24.5. The third kappa shape index (κ3) is 5.73. The van der Waals surface area contributed by atoms with Gasteiger partial charge in [0.15, 0.2) is 10.1 Å². The van der Waals surface area contributed by atoms with Crippen LogP contribution in [-0.4, -0.2) is 34.8 Å². The molecule has 1 aromatic heterocycles. The Morgan fingerprint density at radius 3 is 2.76 bits per heavy atom. The van der Waals surface area contributed by atoms with Gasteiger partial charge >= 0.3 is 0 Å². The lowest BCUT2D eigenvalue weighted by Gasteiger charge is -2.42. The van der Waals surface area contributed by atoms with E-state index in [0.29, 0.717) is 51.0 Å². The van der Waals surface area contributed by atoms with Gasteiger partial charge in [-0.3, -0.25) is 14.5 Å². The first-order valence-corrected chi connectivity index (χ1v) is 14.6. The number of Topliss-reactive ketones (excluding diaryl/α,β-unsaturated/α-hetero) is 1. The minimum Gasteiger partial charge on any atom is -0.497 e. The lowest BCUT2D eigenvalue weighted by Crippen LogP contribution is -2.42. The first-order chi connectivity index (χ1) is 20.0. The summed E-state index contributed by atoms with van der Waals surface area (Å²) < 4.78 is 32.9. The Labute approximate surface area is 249 Å². The van der Waals surface area contributed by atoms with Crippen LogP contribution >= 0.6 is 23.1 Å². The second-order valence-corrected chi connectivity index (χ2v) is 12.7. The van der Waals surface area contributed by atoms with Crippen LogP contribution in [0.15, 0.2) is 69.5 Å². The maximum Gasteiger partial charge on any atom is 0.234 e. The summed E-state index contributed by atoms with van der Waals surface area (Å²) in [4.78, 5) is 27.7. The van der Waals surface area contributed by atoms with Crippen molar-refractivity contribution >= 4 is 45.6 Å². The number of nitriles is 1. The van der Waals surface area contributed by atoms with Gasteiger partial charge in [0.05, 0.1) is 36.1 Å². The van der Waals surface area contributed by atoms with Crippen molar-refractivity contribution in [2.24, 2.45) is 11.1 Å². The van der Waals surface area contributed by atoms with Crippen LogP contribution in [0.2, 0.25) is 0 Å². The number of halogens is 2. The number of hydrogen-bond donors (Lipinski definition) is 2. The van der Waals surface area contributed by atoms with Crippen LogP contribution in [0.25, 0.3) is 0 Å². The number of anilines is 2. The van der Waals surface area contributed by atoms with Gasteiger partial charge in [-0.1, -0.05) is 49.1 Å². The van der Waals surface area contributed by atoms with Crippen molar-refractivity contribution < 1.29 is 23.1 Å². The predicted molar refractivity (Wildman–Crippen MR) is 156 cm³/mol. The third-order valence-electron chi connectivity index (χ3n) is 6.93. The molecule has 2 heterocycles. The minimum atomic E-state index is -0.881. The minimum absolute atomic E-state index is 0.0804. The van der Waals surface area contributed by atoms with E-state index in [1.54, 1.807) is 30.2 Å². The number of amides is 1. The Balaban J connectivity index is 1.46. The van der Waals surface area contributed by atoms with Gasteiger partial charge in [0.2, 0.25) is 11.0 Å². The van der Waals surface area contributed by atoms with Crippen LogP contribution in [0.3, 0.4) is 0 Å². The number of hydrogen-bond acceptors (Lipinski definition) is 10. The molecular formula is C29H26F2N6O3S2. The Morgan fingerprint density at radius 1 is 1.26 bits per heavy atom. The normalized spacial score (nSPS) is 18.0. The molecule has 13 heteroatoms. The van der Waals surface area contributed by atoms with Crippen molar-refractivity contribution in [2.75, 3.05) is 23.1 Å². The number of carbonyl (C=O) groups excluding carboxylic acids is 2. The van der Waals surface area contributed by atoms with Crippen LogP contribution in [0.1, 0.15) is 38.2 Å². The molecule has 1 aliphatic heterocycles. The summed E-state index contributed by atoms with van der Waals surface area (Å²) in [6.07, 6.45) is 0.807. The molecule has 0 bridgehead atoms. The topological polar surface area (TPSA) is 134 Å². The number of carbonyl (C=O) groups is 2. The van der Waals surface area contributed by atoms with Gasteiger partial charge in [0, 0.05) is 23.8 Å². The molecule has 1 unspecified atom stereocenters. The Hall–Kier alpha value is -4.28. The lowest BCUT2D eigenvalue weighted by molar-refractivity contribution is -0.118. The number of aromatic nitrogens is 2. The van der Waals surface area contributed by atoms with Crippen molar-refractivity contribution in [1.29, 1.82) is 5.26 Å². The van der Waals surface area contributed by atoms with Gasteiger partial charge in [0.1, 0.15) is 23.2 Å². The number of benzene rings is 2. The van der Waals surface area contributed by atoms with Crippen molar-refractivity contribution in [2.45, 2.75) is 36.9 Å². The predicted octanol–water partition coefficient (Wildman–Crippen LogP) is 5.50. The number of ether oxygens (including phenoxy) is 1. The lowest BCUT2D eigenvalue weighted by atomic mass is 9.68. The number of ketones is 1. The van der Waals surface area contributed by atoms with Gasteiger partial charge in [0.25, 0.3) is 0 Å². The molecule has 0 fully saturated rings. The van der Waals surface area contributed by atoms with E-state index in [2.05, 4.69) is 21.6 Å². The van der Waals surface area contributed by atoms with E-state index >= 15 is 0 Å². The van der Waals surface area contributed by atoms with Crippen LogP contribution in [0.5, 0.6) is 5.75 Å². The summed E-state index contributed by atoms with van der Waals surface area (Å²) in [5, 5.41) is 21.5. The first kappa shape index (κ1) is 29.2. The number of rotatable bonds is 7. The SMILES string of the molecule is COc1cccc(C2C(C#N)=C(N)N(c3nnc(SCC(=O)Nc4ccc(F)cc4F)s3)C3=C2C(=O)CC(C)(C)C3)c1.